The second-order valence-corrected chi connectivity index (χ2v) is 3.71. The van der Waals surface area contributed by atoms with Crippen LogP contribution in [0.15, 0.2) is 22.9 Å². The van der Waals surface area contributed by atoms with Crippen LogP contribution in [-0.4, -0.2) is 23.4 Å². The minimum absolute atomic E-state index is 0.0677. The van der Waals surface area contributed by atoms with E-state index in [-0.39, 0.29) is 4.60 Å². The minimum Gasteiger partial charge on any atom is -0.471 e. The van der Waals surface area contributed by atoms with Gasteiger partial charge in [0.15, 0.2) is 0 Å². The van der Waals surface area contributed by atoms with Gasteiger partial charge in [0.1, 0.15) is 10.4 Å². The van der Waals surface area contributed by atoms with Crippen molar-refractivity contribution in [2.75, 3.05) is 0 Å². The third-order valence-electron chi connectivity index (χ3n) is 1.55. The van der Waals surface area contributed by atoms with Crippen LogP contribution < -0.4 is 4.74 Å². The summed E-state index contributed by atoms with van der Waals surface area (Å²) in [5.41, 5.74) is 0. The molecule has 0 saturated carbocycles. The average molecular weight is 324 g/mol. The van der Waals surface area contributed by atoms with Crippen molar-refractivity contribution in [2.45, 2.75) is 18.5 Å². The number of rotatable bonds is 2. The first-order chi connectivity index (χ1) is 7.60. The van der Waals surface area contributed by atoms with Gasteiger partial charge in [-0.25, -0.2) is 4.98 Å². The van der Waals surface area contributed by atoms with E-state index in [4.69, 9.17) is 0 Å². The van der Waals surface area contributed by atoms with Gasteiger partial charge < -0.3 is 4.74 Å². The maximum Gasteiger partial charge on any atom is 0.434 e. The lowest BCUT2D eigenvalue weighted by Gasteiger charge is -2.23. The molecule has 0 unspecified atom stereocenters. The van der Waals surface area contributed by atoms with Crippen LogP contribution in [0.25, 0.3) is 0 Å². The number of alkyl halides is 6. The number of nitrogens with zero attached hydrogens (tertiary/aromatic N) is 1. The van der Waals surface area contributed by atoms with E-state index in [2.05, 4.69) is 25.7 Å². The molecule has 0 N–H and O–H groups in total. The Labute approximate surface area is 99.7 Å². The standard InChI is InChI=1S/C8H4BrF6NO/c9-5-3-4(1-2-16-5)17-6(7(10,11)12)8(13,14)15/h1-3,6H. The molecule has 0 radical (unpaired) electrons. The number of ether oxygens (including phenoxy) is 1. The minimum atomic E-state index is -5.53. The van der Waals surface area contributed by atoms with Gasteiger partial charge in [0.25, 0.3) is 6.10 Å². The predicted molar refractivity (Wildman–Crippen MR) is 48.5 cm³/mol. The molecular weight excluding hydrogens is 320 g/mol. The van der Waals surface area contributed by atoms with Crippen LogP contribution >= 0.6 is 15.9 Å². The van der Waals surface area contributed by atoms with Crippen LogP contribution in [0.3, 0.4) is 0 Å². The number of halogens is 7. The Morgan fingerprint density at radius 1 is 1.12 bits per heavy atom. The lowest BCUT2D eigenvalue weighted by atomic mass is 10.3. The second kappa shape index (κ2) is 4.71. The van der Waals surface area contributed by atoms with E-state index in [0.717, 1.165) is 18.3 Å². The van der Waals surface area contributed by atoms with Crippen molar-refractivity contribution in [3.8, 4) is 5.75 Å². The Morgan fingerprint density at radius 2 is 1.65 bits per heavy atom. The predicted octanol–water partition coefficient (Wildman–Crippen LogP) is 3.72. The van der Waals surface area contributed by atoms with E-state index in [9.17, 15) is 26.3 Å². The smallest absolute Gasteiger partial charge is 0.434 e. The van der Waals surface area contributed by atoms with Gasteiger partial charge >= 0.3 is 12.4 Å². The number of aromatic nitrogens is 1. The van der Waals surface area contributed by atoms with Crippen LogP contribution in [0.2, 0.25) is 0 Å². The van der Waals surface area contributed by atoms with Crippen molar-refractivity contribution in [3.05, 3.63) is 22.9 Å². The number of hydrogen-bond acceptors (Lipinski definition) is 2. The fraction of sp³-hybridized carbons (Fsp3) is 0.375. The highest BCUT2D eigenvalue weighted by atomic mass is 79.9. The van der Waals surface area contributed by atoms with Crippen LogP contribution in [0, 0.1) is 0 Å². The molecule has 0 spiro atoms. The van der Waals surface area contributed by atoms with Gasteiger partial charge in [-0.15, -0.1) is 0 Å². The van der Waals surface area contributed by atoms with E-state index in [1.807, 2.05) is 0 Å². The summed E-state index contributed by atoms with van der Waals surface area (Å²) in [5, 5.41) is 0. The highest BCUT2D eigenvalue weighted by molar-refractivity contribution is 9.10. The molecule has 1 heterocycles. The van der Waals surface area contributed by atoms with E-state index >= 15 is 0 Å². The van der Waals surface area contributed by atoms with Gasteiger partial charge in [-0.2, -0.15) is 26.3 Å². The van der Waals surface area contributed by atoms with Gasteiger partial charge in [0.2, 0.25) is 0 Å². The average Bonchev–Trinajstić information content (AvgIpc) is 2.10. The van der Waals surface area contributed by atoms with Gasteiger partial charge in [-0.3, -0.25) is 0 Å². The molecule has 0 aliphatic rings. The number of pyridine rings is 1. The quantitative estimate of drug-likeness (QED) is 0.611. The van der Waals surface area contributed by atoms with E-state index in [1.54, 1.807) is 0 Å². The fourth-order valence-electron chi connectivity index (χ4n) is 0.913. The summed E-state index contributed by atoms with van der Waals surface area (Å²) >= 11 is 2.80. The molecule has 1 aromatic heterocycles. The Balaban J connectivity index is 2.96. The third kappa shape index (κ3) is 4.06. The summed E-state index contributed by atoms with van der Waals surface area (Å²) in [6.45, 7) is 0. The molecule has 0 bridgehead atoms. The van der Waals surface area contributed by atoms with Crippen LogP contribution in [0.4, 0.5) is 26.3 Å². The van der Waals surface area contributed by atoms with Gasteiger partial charge in [-0.1, -0.05) is 0 Å². The van der Waals surface area contributed by atoms with Gasteiger partial charge in [0, 0.05) is 12.3 Å². The molecule has 0 saturated heterocycles. The van der Waals surface area contributed by atoms with Gasteiger partial charge in [-0.05, 0) is 22.0 Å². The van der Waals surface area contributed by atoms with Gasteiger partial charge in [0.05, 0.1) is 0 Å². The van der Waals surface area contributed by atoms with Crippen molar-refractivity contribution in [3.63, 3.8) is 0 Å². The first-order valence-electron chi connectivity index (χ1n) is 4.02. The first-order valence-corrected chi connectivity index (χ1v) is 4.81. The molecule has 0 aliphatic heterocycles. The van der Waals surface area contributed by atoms with Crippen molar-refractivity contribution < 1.29 is 31.1 Å². The largest absolute Gasteiger partial charge is 0.471 e. The summed E-state index contributed by atoms with van der Waals surface area (Å²) in [4.78, 5) is 3.55. The molecule has 0 aliphatic carbocycles. The lowest BCUT2D eigenvalue weighted by Crippen LogP contribution is -2.46. The Morgan fingerprint density at radius 3 is 2.06 bits per heavy atom. The summed E-state index contributed by atoms with van der Waals surface area (Å²) in [5.74, 6) is -0.577. The molecule has 2 nitrogen and oxygen atoms in total. The second-order valence-electron chi connectivity index (χ2n) is 2.90. The normalized spacial score (nSPS) is 12.9. The summed E-state index contributed by atoms with van der Waals surface area (Å²) in [6.07, 6.45) is -13.9. The summed E-state index contributed by atoms with van der Waals surface area (Å²) in [6, 6.07) is 1.81. The van der Waals surface area contributed by atoms with E-state index < -0.39 is 24.2 Å². The van der Waals surface area contributed by atoms with Crippen molar-refractivity contribution >= 4 is 15.9 Å². The van der Waals surface area contributed by atoms with Crippen LogP contribution in [-0.2, 0) is 0 Å². The molecule has 1 aromatic rings. The van der Waals surface area contributed by atoms with Crippen molar-refractivity contribution in [1.29, 1.82) is 0 Å². The zero-order chi connectivity index (χ0) is 13.3. The molecule has 0 fully saturated rings. The molecule has 0 atom stereocenters. The third-order valence-corrected chi connectivity index (χ3v) is 1.98. The zero-order valence-electron chi connectivity index (χ0n) is 7.81. The first kappa shape index (κ1) is 14.1. The SMILES string of the molecule is FC(F)(F)C(Oc1ccnc(Br)c1)C(F)(F)F. The van der Waals surface area contributed by atoms with Crippen LogP contribution in [0.1, 0.15) is 0 Å². The van der Waals surface area contributed by atoms with Crippen LogP contribution in [0.5, 0.6) is 5.75 Å². The number of hydrogen-bond donors (Lipinski definition) is 0. The Kier molecular flexibility index (Phi) is 3.90. The summed E-state index contributed by atoms with van der Waals surface area (Å²) in [7, 11) is 0. The summed E-state index contributed by atoms with van der Waals surface area (Å²) < 4.78 is 76.8. The highest BCUT2D eigenvalue weighted by Gasteiger charge is 2.59. The van der Waals surface area contributed by atoms with E-state index in [1.165, 1.54) is 0 Å². The highest BCUT2D eigenvalue weighted by Crippen LogP contribution is 2.36. The van der Waals surface area contributed by atoms with Crippen molar-refractivity contribution in [1.82, 2.24) is 4.98 Å². The van der Waals surface area contributed by atoms with E-state index in [0.29, 0.717) is 0 Å². The Hall–Kier alpha value is -0.990. The molecular formula is C8H4BrF6NO. The zero-order valence-corrected chi connectivity index (χ0v) is 9.40. The van der Waals surface area contributed by atoms with Crippen molar-refractivity contribution in [2.24, 2.45) is 0 Å². The molecule has 17 heavy (non-hydrogen) atoms. The molecule has 0 amide bonds. The lowest BCUT2D eigenvalue weighted by molar-refractivity contribution is -0.299. The fourth-order valence-corrected chi connectivity index (χ4v) is 1.26. The molecule has 96 valence electrons. The molecule has 0 aromatic carbocycles. The topological polar surface area (TPSA) is 22.1 Å². The Bertz CT molecular complexity index is 376. The monoisotopic (exact) mass is 323 g/mol. The maximum absolute atomic E-state index is 12.1. The maximum atomic E-state index is 12.1. The molecule has 1 rings (SSSR count). The molecule has 9 heteroatoms.